The Hall–Kier alpha value is -2.64. The molecule has 13 heteroatoms. The van der Waals surface area contributed by atoms with Gasteiger partial charge in [-0.1, -0.05) is 0 Å². The molecule has 3 atom stereocenters. The predicted molar refractivity (Wildman–Crippen MR) is 112 cm³/mol. The zero-order valence-corrected chi connectivity index (χ0v) is 17.4. The van der Waals surface area contributed by atoms with Gasteiger partial charge in [0.15, 0.2) is 0 Å². The van der Waals surface area contributed by atoms with Crippen molar-refractivity contribution < 1.29 is 24.3 Å². The number of hydrogen-bond donors (Lipinski definition) is 8. The quantitative estimate of drug-likeness (QED) is 0.114. The molecule has 3 unspecified atom stereocenters. The van der Waals surface area contributed by atoms with Crippen molar-refractivity contribution in [2.45, 2.75) is 43.8 Å². The molecule has 0 bridgehead atoms. The molecule has 0 aliphatic carbocycles. The number of hydrogen-bond acceptors (Lipinski definition) is 8. The molecule has 30 heavy (non-hydrogen) atoms. The second kappa shape index (κ2) is 13.6. The van der Waals surface area contributed by atoms with E-state index in [1.807, 2.05) is 0 Å². The number of nitrogens with two attached hydrogens (primary N) is 2. The molecule has 9 N–H and O–H groups in total. The molecule has 1 aromatic rings. The number of rotatable bonds is 14. The maximum Gasteiger partial charge on any atom is 0.326 e. The third-order valence-corrected chi connectivity index (χ3v) is 4.52. The first-order valence-corrected chi connectivity index (χ1v) is 10.1. The number of unbranched alkanes of at least 4 members (excludes halogenated alkanes) is 1. The fraction of sp³-hybridized carbons (Fsp3) is 0.588. The van der Waals surface area contributed by atoms with Crippen molar-refractivity contribution in [3.63, 3.8) is 0 Å². The molecule has 1 rings (SSSR count). The van der Waals surface area contributed by atoms with Crippen LogP contribution in [0.4, 0.5) is 0 Å². The van der Waals surface area contributed by atoms with Crippen LogP contribution in [0, 0.1) is 0 Å². The third kappa shape index (κ3) is 9.24. The minimum absolute atomic E-state index is 0.0210. The van der Waals surface area contributed by atoms with E-state index in [1.165, 1.54) is 12.5 Å². The van der Waals surface area contributed by atoms with Gasteiger partial charge in [0.1, 0.15) is 12.1 Å². The van der Waals surface area contributed by atoms with Crippen LogP contribution < -0.4 is 27.4 Å². The number of imidazole rings is 1. The van der Waals surface area contributed by atoms with E-state index in [2.05, 4.69) is 38.5 Å². The molecule has 1 heterocycles. The molecule has 168 valence electrons. The smallest absolute Gasteiger partial charge is 0.326 e. The van der Waals surface area contributed by atoms with E-state index in [9.17, 15) is 19.2 Å². The van der Waals surface area contributed by atoms with Gasteiger partial charge in [0.2, 0.25) is 17.7 Å². The number of carbonyl (C=O) groups excluding carboxylic acids is 3. The summed E-state index contributed by atoms with van der Waals surface area (Å²) < 4.78 is 0. The number of H-pyrrole nitrogens is 1. The number of carbonyl (C=O) groups is 4. The summed E-state index contributed by atoms with van der Waals surface area (Å²) in [5, 5.41) is 16.3. The van der Waals surface area contributed by atoms with Crippen LogP contribution >= 0.6 is 12.6 Å². The van der Waals surface area contributed by atoms with Gasteiger partial charge in [0, 0.05) is 24.1 Å². The van der Waals surface area contributed by atoms with E-state index >= 15 is 0 Å². The van der Waals surface area contributed by atoms with Crippen molar-refractivity contribution >= 4 is 36.3 Å². The molecule has 0 aliphatic rings. The lowest BCUT2D eigenvalue weighted by molar-refractivity contribution is -0.142. The fourth-order valence-corrected chi connectivity index (χ4v) is 2.74. The lowest BCUT2D eigenvalue weighted by Crippen LogP contribution is -2.54. The Bertz CT molecular complexity index is 701. The van der Waals surface area contributed by atoms with Crippen LogP contribution in [0.5, 0.6) is 0 Å². The van der Waals surface area contributed by atoms with Gasteiger partial charge in [-0.25, -0.2) is 9.78 Å². The number of nitrogens with zero attached hydrogens (tertiary/aromatic N) is 1. The minimum Gasteiger partial charge on any atom is -0.480 e. The van der Waals surface area contributed by atoms with E-state index in [0.717, 1.165) is 0 Å². The lowest BCUT2D eigenvalue weighted by Gasteiger charge is -2.19. The zero-order valence-electron chi connectivity index (χ0n) is 16.5. The molecule has 0 aliphatic heterocycles. The van der Waals surface area contributed by atoms with Gasteiger partial charge in [0.25, 0.3) is 0 Å². The molecule has 0 fully saturated rings. The highest BCUT2D eigenvalue weighted by Gasteiger charge is 2.24. The number of amides is 3. The van der Waals surface area contributed by atoms with E-state index in [4.69, 9.17) is 16.6 Å². The SMILES string of the molecule is NCCCCC(NC(=O)CNC(=O)C(CS)NC(=O)C(N)Cc1cnc[nH]1)C(=O)O. The van der Waals surface area contributed by atoms with Crippen LogP contribution in [0.2, 0.25) is 0 Å². The highest BCUT2D eigenvalue weighted by Crippen LogP contribution is 2.01. The summed E-state index contributed by atoms with van der Waals surface area (Å²) in [4.78, 5) is 54.3. The summed E-state index contributed by atoms with van der Waals surface area (Å²) in [7, 11) is 0. The van der Waals surface area contributed by atoms with Gasteiger partial charge >= 0.3 is 5.97 Å². The van der Waals surface area contributed by atoms with Gasteiger partial charge in [-0.3, -0.25) is 14.4 Å². The Morgan fingerprint density at radius 3 is 2.47 bits per heavy atom. The van der Waals surface area contributed by atoms with Crippen molar-refractivity contribution in [1.82, 2.24) is 25.9 Å². The molecule has 12 nitrogen and oxygen atoms in total. The van der Waals surface area contributed by atoms with Gasteiger partial charge in [-0.2, -0.15) is 12.6 Å². The first kappa shape index (κ1) is 25.4. The fourth-order valence-electron chi connectivity index (χ4n) is 2.48. The van der Waals surface area contributed by atoms with Crippen molar-refractivity contribution in [3.05, 3.63) is 18.2 Å². The first-order valence-electron chi connectivity index (χ1n) is 9.42. The molecular formula is C17H29N7O5S. The van der Waals surface area contributed by atoms with Gasteiger partial charge in [-0.15, -0.1) is 0 Å². The van der Waals surface area contributed by atoms with Gasteiger partial charge in [-0.05, 0) is 25.8 Å². The second-order valence-electron chi connectivity index (χ2n) is 6.59. The normalized spacial score (nSPS) is 13.7. The van der Waals surface area contributed by atoms with Crippen LogP contribution in [0.15, 0.2) is 12.5 Å². The van der Waals surface area contributed by atoms with E-state index in [1.54, 1.807) is 0 Å². The third-order valence-electron chi connectivity index (χ3n) is 4.15. The van der Waals surface area contributed by atoms with Gasteiger partial charge in [0.05, 0.1) is 18.9 Å². The standard InChI is InChI=1S/C17H29N7O5S/c18-4-2-1-3-12(17(28)29)23-14(25)7-21-16(27)13(8-30)24-15(26)11(19)5-10-6-20-9-22-10/h6,9,11-13,30H,1-5,7-8,18-19H2,(H,20,22)(H,21,27)(H,23,25)(H,24,26)(H,28,29). The number of nitrogens with one attached hydrogen (secondary N) is 4. The molecule has 0 radical (unpaired) electrons. The van der Waals surface area contributed by atoms with Crippen LogP contribution in [0.1, 0.15) is 25.0 Å². The molecule has 0 saturated carbocycles. The minimum atomic E-state index is -1.17. The monoisotopic (exact) mass is 443 g/mol. The predicted octanol–water partition coefficient (Wildman–Crippen LogP) is -2.49. The molecule has 0 spiro atoms. The number of carboxylic acid groups (broad SMARTS) is 1. The number of aliphatic carboxylic acids is 1. The first-order chi connectivity index (χ1) is 14.3. The molecule has 1 aromatic heterocycles. The van der Waals surface area contributed by atoms with Crippen molar-refractivity contribution in [2.75, 3.05) is 18.8 Å². The number of carboxylic acids is 1. The summed E-state index contributed by atoms with van der Waals surface area (Å²) in [5.41, 5.74) is 11.9. The van der Waals surface area contributed by atoms with Crippen molar-refractivity contribution in [2.24, 2.45) is 11.5 Å². The molecule has 0 saturated heterocycles. The van der Waals surface area contributed by atoms with E-state index < -0.39 is 48.4 Å². The van der Waals surface area contributed by atoms with Crippen molar-refractivity contribution in [3.8, 4) is 0 Å². The highest BCUT2D eigenvalue weighted by molar-refractivity contribution is 7.80. The Morgan fingerprint density at radius 2 is 1.90 bits per heavy atom. The summed E-state index contributed by atoms with van der Waals surface area (Å²) in [6.07, 6.45) is 4.62. The van der Waals surface area contributed by atoms with Crippen LogP contribution in [-0.2, 0) is 25.6 Å². The topological polar surface area (TPSA) is 205 Å². The Labute approximate surface area is 179 Å². The summed E-state index contributed by atoms with van der Waals surface area (Å²) in [6.45, 7) is -0.0153. The average molecular weight is 444 g/mol. The average Bonchev–Trinajstić information content (AvgIpc) is 3.22. The lowest BCUT2D eigenvalue weighted by atomic mass is 10.1. The molecular weight excluding hydrogens is 414 g/mol. The highest BCUT2D eigenvalue weighted by atomic mass is 32.1. The Morgan fingerprint density at radius 1 is 1.17 bits per heavy atom. The number of aromatic amines is 1. The Balaban J connectivity index is 2.46. The van der Waals surface area contributed by atoms with Gasteiger partial charge < -0.3 is 37.5 Å². The van der Waals surface area contributed by atoms with Crippen LogP contribution in [-0.4, -0.2) is 75.7 Å². The van der Waals surface area contributed by atoms with E-state index in [-0.39, 0.29) is 18.6 Å². The number of thiol groups is 1. The van der Waals surface area contributed by atoms with Crippen LogP contribution in [0.3, 0.4) is 0 Å². The molecule has 0 aromatic carbocycles. The summed E-state index contributed by atoms with van der Waals surface area (Å²) in [5.74, 6) is -3.05. The van der Waals surface area contributed by atoms with E-state index in [0.29, 0.717) is 25.1 Å². The van der Waals surface area contributed by atoms with Crippen molar-refractivity contribution in [1.29, 1.82) is 0 Å². The maximum absolute atomic E-state index is 12.2. The Kier molecular flexibility index (Phi) is 11.5. The zero-order chi connectivity index (χ0) is 22.5. The summed E-state index contributed by atoms with van der Waals surface area (Å²) in [6, 6.07) is -2.99. The summed E-state index contributed by atoms with van der Waals surface area (Å²) >= 11 is 4.04. The molecule has 3 amide bonds. The number of aromatic nitrogens is 2. The largest absolute Gasteiger partial charge is 0.480 e. The maximum atomic E-state index is 12.2. The van der Waals surface area contributed by atoms with Crippen LogP contribution in [0.25, 0.3) is 0 Å². The second-order valence-corrected chi connectivity index (χ2v) is 6.96.